The molecule has 0 saturated heterocycles. The van der Waals surface area contributed by atoms with Crippen LogP contribution >= 0.6 is 0 Å². The Morgan fingerprint density at radius 3 is 1.53 bits per heavy atom. The highest BCUT2D eigenvalue weighted by molar-refractivity contribution is 5.24. The molecule has 0 aliphatic heterocycles. The van der Waals surface area contributed by atoms with Crippen LogP contribution in [0, 0.1) is 34.0 Å². The zero-order valence-corrected chi connectivity index (χ0v) is 9.02. The predicted octanol–water partition coefficient (Wildman–Crippen LogP) is -1.01. The summed E-state index contributed by atoms with van der Waals surface area (Å²) < 4.78 is 0. The molecule has 0 spiro atoms. The van der Waals surface area contributed by atoms with Crippen LogP contribution < -0.4 is 11.5 Å². The molecule has 3 atom stereocenters. The molecule has 15 heavy (non-hydrogen) atoms. The minimum atomic E-state index is -2.07. The van der Waals surface area contributed by atoms with Crippen molar-refractivity contribution in [2.24, 2.45) is 22.8 Å². The van der Waals surface area contributed by atoms with Gasteiger partial charge in [-0.05, 0) is 13.8 Å². The molecule has 0 aromatic rings. The summed E-state index contributed by atoms with van der Waals surface area (Å²) in [4.78, 5) is 0. The van der Waals surface area contributed by atoms with Gasteiger partial charge in [-0.2, -0.15) is 10.5 Å². The lowest BCUT2D eigenvalue weighted by molar-refractivity contribution is -0.0957. The van der Waals surface area contributed by atoms with E-state index in [4.69, 9.17) is 22.0 Å². The number of aliphatic hydroxyl groups is 2. The van der Waals surface area contributed by atoms with Crippen molar-refractivity contribution in [3.8, 4) is 12.1 Å². The van der Waals surface area contributed by atoms with Crippen LogP contribution in [0.4, 0.5) is 0 Å². The molecule has 0 aromatic carbocycles. The van der Waals surface area contributed by atoms with Crippen molar-refractivity contribution in [2.75, 3.05) is 0 Å². The van der Waals surface area contributed by atoms with E-state index in [-0.39, 0.29) is 0 Å². The number of hydrogen-bond acceptors (Lipinski definition) is 6. The van der Waals surface area contributed by atoms with Gasteiger partial charge >= 0.3 is 0 Å². The fourth-order valence-corrected chi connectivity index (χ4v) is 1.32. The molecule has 0 aromatic heterocycles. The molecular formula is C9H16N4O2. The molecule has 6 N–H and O–H groups in total. The van der Waals surface area contributed by atoms with Crippen LogP contribution in [0.5, 0.6) is 0 Å². The summed E-state index contributed by atoms with van der Waals surface area (Å²) >= 11 is 0. The number of rotatable bonds is 3. The summed E-state index contributed by atoms with van der Waals surface area (Å²) in [7, 11) is 0. The molecule has 0 saturated carbocycles. The molecule has 0 aliphatic rings. The topological polar surface area (TPSA) is 140 Å². The first-order chi connectivity index (χ1) is 6.53. The van der Waals surface area contributed by atoms with Crippen molar-refractivity contribution >= 4 is 0 Å². The molecule has 0 aliphatic carbocycles. The molecule has 0 amide bonds. The van der Waals surface area contributed by atoms with Gasteiger partial charge in [0.2, 0.25) is 0 Å². The Morgan fingerprint density at radius 2 is 1.47 bits per heavy atom. The molecule has 0 heterocycles. The van der Waals surface area contributed by atoms with Crippen molar-refractivity contribution in [1.82, 2.24) is 0 Å². The number of hydrogen-bond donors (Lipinski definition) is 4. The number of nitrogens with zero attached hydrogens (tertiary/aromatic N) is 2. The first kappa shape index (κ1) is 13.8. The fraction of sp³-hybridized carbons (Fsp3) is 0.778. The van der Waals surface area contributed by atoms with Gasteiger partial charge in [0.25, 0.3) is 0 Å². The van der Waals surface area contributed by atoms with Crippen molar-refractivity contribution in [3.63, 3.8) is 0 Å². The Labute approximate surface area is 88.7 Å². The summed E-state index contributed by atoms with van der Waals surface area (Å²) in [6, 6.07) is 3.27. The third kappa shape index (κ3) is 2.25. The van der Waals surface area contributed by atoms with E-state index in [9.17, 15) is 10.2 Å². The van der Waals surface area contributed by atoms with E-state index in [0.717, 1.165) is 6.92 Å². The third-order valence-corrected chi connectivity index (χ3v) is 2.68. The maximum Gasteiger partial charge on any atom is 0.191 e. The van der Waals surface area contributed by atoms with Crippen LogP contribution in [0.25, 0.3) is 0 Å². The van der Waals surface area contributed by atoms with Gasteiger partial charge < -0.3 is 21.7 Å². The largest absolute Gasteiger partial charge is 0.376 e. The average molecular weight is 212 g/mol. The van der Waals surface area contributed by atoms with Gasteiger partial charge in [0, 0.05) is 5.92 Å². The number of nitriles is 2. The zero-order valence-electron chi connectivity index (χ0n) is 9.02. The number of nitrogens with two attached hydrogens (primary N) is 2. The standard InChI is InChI=1S/C9H16N4O2/c1-6(7(2,12)14)9(4-10,5-11)8(3,13)15/h6,14-15H,12-13H2,1-3H3. The van der Waals surface area contributed by atoms with Crippen molar-refractivity contribution < 1.29 is 10.2 Å². The Hall–Kier alpha value is -1.18. The summed E-state index contributed by atoms with van der Waals surface area (Å²) in [6.45, 7) is 3.75. The van der Waals surface area contributed by atoms with E-state index in [2.05, 4.69) is 0 Å². The highest BCUT2D eigenvalue weighted by Crippen LogP contribution is 2.39. The van der Waals surface area contributed by atoms with E-state index in [1.165, 1.54) is 13.8 Å². The Balaban J connectivity index is 5.57. The minimum Gasteiger partial charge on any atom is -0.376 e. The molecule has 6 nitrogen and oxygen atoms in total. The first-order valence-corrected chi connectivity index (χ1v) is 4.38. The third-order valence-electron chi connectivity index (χ3n) is 2.68. The van der Waals surface area contributed by atoms with E-state index in [1.807, 2.05) is 0 Å². The molecule has 0 fully saturated rings. The van der Waals surface area contributed by atoms with Gasteiger partial charge in [0.05, 0.1) is 12.1 Å². The van der Waals surface area contributed by atoms with Gasteiger partial charge in [-0.15, -0.1) is 0 Å². The molecule has 0 bridgehead atoms. The van der Waals surface area contributed by atoms with Gasteiger partial charge in [0.15, 0.2) is 5.41 Å². The van der Waals surface area contributed by atoms with Gasteiger partial charge in [-0.1, -0.05) is 6.92 Å². The van der Waals surface area contributed by atoms with Crippen molar-refractivity contribution in [1.29, 1.82) is 10.5 Å². The summed E-state index contributed by atoms with van der Waals surface area (Å²) in [5.41, 5.74) is 4.96. The fourth-order valence-electron chi connectivity index (χ4n) is 1.32. The monoisotopic (exact) mass is 212 g/mol. The van der Waals surface area contributed by atoms with E-state index in [0.29, 0.717) is 0 Å². The van der Waals surface area contributed by atoms with E-state index >= 15 is 0 Å². The van der Waals surface area contributed by atoms with E-state index < -0.39 is 22.8 Å². The molecular weight excluding hydrogens is 196 g/mol. The Bertz CT molecular complexity index is 299. The van der Waals surface area contributed by atoms with Crippen LogP contribution in [-0.2, 0) is 0 Å². The highest BCUT2D eigenvalue weighted by atomic mass is 16.3. The quantitative estimate of drug-likeness (QED) is 0.442. The second kappa shape index (κ2) is 3.76. The van der Waals surface area contributed by atoms with Crippen LogP contribution in [0.3, 0.4) is 0 Å². The second-order valence-electron chi connectivity index (χ2n) is 4.13. The van der Waals surface area contributed by atoms with Gasteiger partial charge in [-0.25, -0.2) is 0 Å². The van der Waals surface area contributed by atoms with Gasteiger partial charge in [-0.3, -0.25) is 0 Å². The normalized spacial score (nSPS) is 21.7. The molecule has 84 valence electrons. The summed E-state index contributed by atoms with van der Waals surface area (Å²) in [6.07, 6.45) is 0. The Kier molecular flexibility index (Phi) is 3.47. The SMILES string of the molecule is CC(C(C)(N)O)C(C#N)(C#N)C(C)(N)O. The summed E-state index contributed by atoms with van der Waals surface area (Å²) in [5, 5.41) is 37.1. The maximum absolute atomic E-state index is 9.63. The van der Waals surface area contributed by atoms with Gasteiger partial charge in [0.1, 0.15) is 11.4 Å². The van der Waals surface area contributed by atoms with Crippen LogP contribution in [-0.4, -0.2) is 21.7 Å². The maximum atomic E-state index is 9.63. The second-order valence-corrected chi connectivity index (χ2v) is 4.13. The molecule has 0 rings (SSSR count). The van der Waals surface area contributed by atoms with Crippen LogP contribution in [0.15, 0.2) is 0 Å². The first-order valence-electron chi connectivity index (χ1n) is 4.38. The van der Waals surface area contributed by atoms with E-state index in [1.54, 1.807) is 12.1 Å². The zero-order chi connectivity index (χ0) is 12.5. The van der Waals surface area contributed by atoms with Crippen molar-refractivity contribution in [3.05, 3.63) is 0 Å². The molecule has 6 heteroatoms. The van der Waals surface area contributed by atoms with Crippen molar-refractivity contribution in [2.45, 2.75) is 32.2 Å². The molecule has 3 unspecified atom stereocenters. The lowest BCUT2D eigenvalue weighted by Gasteiger charge is -2.40. The summed E-state index contributed by atoms with van der Waals surface area (Å²) in [5.74, 6) is -1.01. The lowest BCUT2D eigenvalue weighted by atomic mass is 9.67. The smallest absolute Gasteiger partial charge is 0.191 e. The minimum absolute atomic E-state index is 1.01. The van der Waals surface area contributed by atoms with Crippen LogP contribution in [0.1, 0.15) is 20.8 Å². The predicted molar refractivity (Wildman–Crippen MR) is 52.4 cm³/mol. The Morgan fingerprint density at radius 1 is 1.13 bits per heavy atom. The average Bonchev–Trinajstić information content (AvgIpc) is 2.03. The van der Waals surface area contributed by atoms with Crippen LogP contribution in [0.2, 0.25) is 0 Å². The lowest BCUT2D eigenvalue weighted by Crippen LogP contribution is -2.61. The highest BCUT2D eigenvalue weighted by Gasteiger charge is 2.55. The molecule has 0 radical (unpaired) electrons.